The minimum Gasteiger partial charge on any atom is -0.304 e. The Morgan fingerprint density at radius 3 is 1.15 bits per heavy atom. The fraction of sp³-hybridized carbons (Fsp3) is 1.00. The Kier molecular flexibility index (Phi) is 15.7. The summed E-state index contributed by atoms with van der Waals surface area (Å²) in [6.07, 6.45) is 0. The van der Waals surface area contributed by atoms with Crippen LogP contribution in [-0.4, -0.2) is 42.1 Å². The van der Waals surface area contributed by atoms with Gasteiger partial charge in [0.05, 0.1) is 0 Å². The van der Waals surface area contributed by atoms with Gasteiger partial charge in [0.2, 0.25) is 0 Å². The van der Waals surface area contributed by atoms with E-state index in [1.807, 2.05) is 0 Å². The van der Waals surface area contributed by atoms with E-state index in [0.717, 1.165) is 0 Å². The van der Waals surface area contributed by atoms with Gasteiger partial charge in [0.25, 0.3) is 0 Å². The van der Waals surface area contributed by atoms with Crippen LogP contribution in [0, 0.1) is 0 Å². The second-order valence-corrected chi connectivity index (χ2v) is 2.96. The second kappa shape index (κ2) is 10.6. The van der Waals surface area contributed by atoms with Gasteiger partial charge in [0.15, 0.2) is 0 Å². The fourth-order valence-corrected chi connectivity index (χ4v) is 0.671. The second-order valence-electron chi connectivity index (χ2n) is 2.07. The first-order valence-electron chi connectivity index (χ1n) is 3.77. The summed E-state index contributed by atoms with van der Waals surface area (Å²) in [5.41, 5.74) is 0. The zero-order chi connectivity index (χ0) is 10.2. The van der Waals surface area contributed by atoms with Crippen molar-refractivity contribution in [2.24, 2.45) is 0 Å². The smallest absolute Gasteiger partial charge is 0.304 e. The minimum absolute atomic E-state index is 0. The Bertz CT molecular complexity index is 166. The van der Waals surface area contributed by atoms with Gasteiger partial charge in [-0.3, -0.25) is 9.11 Å². The van der Waals surface area contributed by atoms with Crippen molar-refractivity contribution in [3.63, 3.8) is 0 Å². The van der Waals surface area contributed by atoms with E-state index in [1.165, 1.54) is 19.6 Å². The maximum absolute atomic E-state index is 8.74. The zero-order valence-corrected chi connectivity index (χ0v) is 10.6. The van der Waals surface area contributed by atoms with Crippen LogP contribution in [0.2, 0.25) is 0 Å². The number of hydrogen-bond donors (Lipinski definition) is 2. The summed E-state index contributed by atoms with van der Waals surface area (Å²) in [4.78, 5) is 2.38. The van der Waals surface area contributed by atoms with Gasteiger partial charge in [-0.25, -0.2) is 0 Å². The van der Waals surface area contributed by atoms with Gasteiger partial charge in [-0.1, -0.05) is 20.8 Å². The van der Waals surface area contributed by atoms with Crippen LogP contribution in [0.1, 0.15) is 20.8 Å². The molecule has 5 nitrogen and oxygen atoms in total. The molecule has 0 aromatic carbocycles. The molecule has 0 atom stereocenters. The molecular formula is C6H17NO4STi. The van der Waals surface area contributed by atoms with Crippen LogP contribution < -0.4 is 0 Å². The van der Waals surface area contributed by atoms with Crippen molar-refractivity contribution < 1.29 is 39.2 Å². The third-order valence-corrected chi connectivity index (χ3v) is 1.34. The van der Waals surface area contributed by atoms with Crippen LogP contribution in [0.15, 0.2) is 0 Å². The molecule has 0 aromatic heterocycles. The SMILES string of the molecule is CCN(CC)CC.O=S(=O)(O)O.[Ti]. The third kappa shape index (κ3) is 32.6. The van der Waals surface area contributed by atoms with E-state index in [-0.39, 0.29) is 21.7 Å². The molecule has 0 fully saturated rings. The molecule has 0 unspecified atom stereocenters. The Labute approximate surface area is 95.0 Å². The topological polar surface area (TPSA) is 77.8 Å². The average molecular weight is 247 g/mol. The van der Waals surface area contributed by atoms with Crippen molar-refractivity contribution in [2.75, 3.05) is 19.6 Å². The van der Waals surface area contributed by atoms with E-state index in [2.05, 4.69) is 25.7 Å². The molecule has 0 saturated carbocycles. The molecule has 0 bridgehead atoms. The van der Waals surface area contributed by atoms with E-state index in [0.29, 0.717) is 0 Å². The maximum atomic E-state index is 8.74. The molecule has 0 aliphatic carbocycles. The summed E-state index contributed by atoms with van der Waals surface area (Å²) in [5.74, 6) is 0. The first-order chi connectivity index (χ1) is 5.35. The van der Waals surface area contributed by atoms with Crippen molar-refractivity contribution in [3.8, 4) is 0 Å². The molecule has 0 heterocycles. The number of hydrogen-bond acceptors (Lipinski definition) is 3. The molecule has 2 N–H and O–H groups in total. The molecule has 0 aliphatic heterocycles. The van der Waals surface area contributed by atoms with E-state index in [4.69, 9.17) is 17.5 Å². The summed E-state index contributed by atoms with van der Waals surface area (Å²) in [7, 11) is -4.67. The fourth-order valence-electron chi connectivity index (χ4n) is 0.671. The molecule has 0 radical (unpaired) electrons. The van der Waals surface area contributed by atoms with Crippen molar-refractivity contribution in [1.82, 2.24) is 4.90 Å². The molecule has 0 aromatic rings. The normalized spacial score (nSPS) is 10.0. The maximum Gasteiger partial charge on any atom is 0.394 e. The predicted molar refractivity (Wildman–Crippen MR) is 47.6 cm³/mol. The number of rotatable bonds is 3. The molecule has 0 spiro atoms. The number of nitrogens with zero attached hydrogens (tertiary/aromatic N) is 1. The summed E-state index contributed by atoms with van der Waals surface area (Å²) in [6, 6.07) is 0. The summed E-state index contributed by atoms with van der Waals surface area (Å²) < 4.78 is 31.6. The van der Waals surface area contributed by atoms with E-state index in [9.17, 15) is 0 Å². The van der Waals surface area contributed by atoms with Crippen molar-refractivity contribution in [2.45, 2.75) is 20.8 Å². The van der Waals surface area contributed by atoms with Crippen LogP contribution in [-0.2, 0) is 32.1 Å². The monoisotopic (exact) mass is 247 g/mol. The van der Waals surface area contributed by atoms with E-state index in [1.54, 1.807) is 0 Å². The predicted octanol–water partition coefficient (Wildman–Crippen LogP) is 0.693. The van der Waals surface area contributed by atoms with Crippen LogP contribution in [0.5, 0.6) is 0 Å². The van der Waals surface area contributed by atoms with Crippen molar-refractivity contribution >= 4 is 10.4 Å². The third-order valence-electron chi connectivity index (χ3n) is 1.34. The van der Waals surface area contributed by atoms with Crippen LogP contribution >= 0.6 is 0 Å². The van der Waals surface area contributed by atoms with Crippen molar-refractivity contribution in [3.05, 3.63) is 0 Å². The quantitative estimate of drug-likeness (QED) is 0.566. The first kappa shape index (κ1) is 19.2. The zero-order valence-electron chi connectivity index (χ0n) is 8.19. The van der Waals surface area contributed by atoms with Crippen LogP contribution in [0.4, 0.5) is 0 Å². The van der Waals surface area contributed by atoms with Crippen molar-refractivity contribution in [1.29, 1.82) is 0 Å². The van der Waals surface area contributed by atoms with Gasteiger partial charge in [-0.15, -0.1) is 0 Å². The molecule has 0 rings (SSSR count). The molecule has 80 valence electrons. The van der Waals surface area contributed by atoms with Gasteiger partial charge in [0, 0.05) is 21.7 Å². The van der Waals surface area contributed by atoms with E-state index < -0.39 is 10.4 Å². The summed E-state index contributed by atoms with van der Waals surface area (Å²) >= 11 is 0. The summed E-state index contributed by atoms with van der Waals surface area (Å²) in [6.45, 7) is 10.1. The summed E-state index contributed by atoms with van der Waals surface area (Å²) in [5, 5.41) is 0. The average Bonchev–Trinajstić information content (AvgIpc) is 1.88. The largest absolute Gasteiger partial charge is 0.394 e. The van der Waals surface area contributed by atoms with Gasteiger partial charge >= 0.3 is 10.4 Å². The molecule has 0 saturated heterocycles. The minimum atomic E-state index is -4.67. The molecule has 0 aliphatic rings. The van der Waals surface area contributed by atoms with Gasteiger partial charge in [0.1, 0.15) is 0 Å². The Morgan fingerprint density at radius 2 is 1.15 bits per heavy atom. The Morgan fingerprint density at radius 1 is 1.00 bits per heavy atom. The van der Waals surface area contributed by atoms with E-state index >= 15 is 0 Å². The first-order valence-corrected chi connectivity index (χ1v) is 5.17. The van der Waals surface area contributed by atoms with Gasteiger partial charge in [-0.05, 0) is 19.6 Å². The molecule has 0 amide bonds. The molecule has 7 heteroatoms. The molecular weight excluding hydrogens is 230 g/mol. The standard InChI is InChI=1S/C6H15N.H2O4S.Ti/c1-4-7(5-2)6-3;1-5(2,3)4;/h4-6H2,1-3H3;(H2,1,2,3,4);. The van der Waals surface area contributed by atoms with Gasteiger partial charge < -0.3 is 4.90 Å². The molecule has 13 heavy (non-hydrogen) atoms. The van der Waals surface area contributed by atoms with Crippen LogP contribution in [0.25, 0.3) is 0 Å². The van der Waals surface area contributed by atoms with Crippen LogP contribution in [0.3, 0.4) is 0 Å². The van der Waals surface area contributed by atoms with Gasteiger partial charge in [-0.2, -0.15) is 8.42 Å². The Hall–Kier alpha value is 0.544. The Balaban J connectivity index is -0.000000150.